The van der Waals surface area contributed by atoms with Crippen LogP contribution < -0.4 is 4.90 Å². The standard InChI is InChI=1S/C14H17F2NO6S/c1-10(14(15,16)24(19,20)21)23-13(18)11-2-4-12(5-3-11)17-6-8-22-9-7-17/h2-5,10H,6-9H2,1H3,(H,19,20,21). The summed E-state index contributed by atoms with van der Waals surface area (Å²) in [6.07, 6.45) is -2.33. The van der Waals surface area contributed by atoms with Crippen molar-refractivity contribution in [2.75, 3.05) is 31.2 Å². The highest BCUT2D eigenvalue weighted by molar-refractivity contribution is 7.86. The van der Waals surface area contributed by atoms with Crippen LogP contribution in [0.3, 0.4) is 0 Å². The molecular weight excluding hydrogens is 348 g/mol. The lowest BCUT2D eigenvalue weighted by Gasteiger charge is -2.28. The van der Waals surface area contributed by atoms with Crippen molar-refractivity contribution in [2.24, 2.45) is 0 Å². The Labute approximate surface area is 137 Å². The highest BCUT2D eigenvalue weighted by Gasteiger charge is 2.52. The fourth-order valence-corrected chi connectivity index (χ4v) is 2.60. The first-order valence-corrected chi connectivity index (χ1v) is 8.55. The van der Waals surface area contributed by atoms with Gasteiger partial charge in [-0.15, -0.1) is 0 Å². The summed E-state index contributed by atoms with van der Waals surface area (Å²) in [6.45, 7) is 3.26. The lowest BCUT2D eigenvalue weighted by atomic mass is 10.2. The highest BCUT2D eigenvalue weighted by atomic mass is 32.2. The van der Waals surface area contributed by atoms with Crippen molar-refractivity contribution in [3.05, 3.63) is 29.8 Å². The van der Waals surface area contributed by atoms with Gasteiger partial charge in [-0.05, 0) is 31.2 Å². The normalized spacial score (nSPS) is 17.4. The number of carbonyl (C=O) groups excluding carboxylic acids is 1. The molecule has 0 amide bonds. The zero-order valence-corrected chi connectivity index (χ0v) is 13.6. The van der Waals surface area contributed by atoms with E-state index in [1.165, 1.54) is 12.1 Å². The Kier molecular flexibility index (Phi) is 5.41. The monoisotopic (exact) mass is 365 g/mol. The molecule has 1 aliphatic heterocycles. The van der Waals surface area contributed by atoms with E-state index in [1.807, 2.05) is 4.90 Å². The van der Waals surface area contributed by atoms with Gasteiger partial charge in [-0.1, -0.05) is 0 Å². The molecule has 1 atom stereocenters. The summed E-state index contributed by atoms with van der Waals surface area (Å²) in [7, 11) is -5.68. The van der Waals surface area contributed by atoms with Crippen LogP contribution in [-0.4, -0.2) is 56.6 Å². The van der Waals surface area contributed by atoms with E-state index >= 15 is 0 Å². The molecule has 1 unspecified atom stereocenters. The molecule has 0 aromatic heterocycles. The zero-order chi connectivity index (χ0) is 18.0. The van der Waals surface area contributed by atoms with Gasteiger partial charge in [0.15, 0.2) is 6.10 Å². The molecule has 7 nitrogen and oxygen atoms in total. The van der Waals surface area contributed by atoms with Gasteiger partial charge in [-0.3, -0.25) is 4.55 Å². The molecule has 1 N–H and O–H groups in total. The van der Waals surface area contributed by atoms with Crippen molar-refractivity contribution in [1.82, 2.24) is 0 Å². The lowest BCUT2D eigenvalue weighted by molar-refractivity contribution is -0.0549. The minimum absolute atomic E-state index is 0.00926. The number of esters is 1. The number of anilines is 1. The van der Waals surface area contributed by atoms with Gasteiger partial charge in [-0.25, -0.2) is 4.79 Å². The Bertz CT molecular complexity index is 686. The number of morpholine rings is 1. The first-order chi connectivity index (χ1) is 11.1. The third-order valence-corrected chi connectivity index (χ3v) is 4.60. The minimum Gasteiger partial charge on any atom is -0.451 e. The SMILES string of the molecule is CC(OC(=O)c1ccc(N2CCOCC2)cc1)C(F)(F)S(=O)(=O)O. The van der Waals surface area contributed by atoms with E-state index < -0.39 is 27.4 Å². The van der Waals surface area contributed by atoms with Crippen LogP contribution in [0.2, 0.25) is 0 Å². The molecule has 134 valence electrons. The van der Waals surface area contributed by atoms with Crippen LogP contribution >= 0.6 is 0 Å². The Hall–Kier alpha value is -1.78. The number of ether oxygens (including phenoxy) is 2. The van der Waals surface area contributed by atoms with E-state index in [2.05, 4.69) is 4.74 Å². The molecule has 0 bridgehead atoms. The summed E-state index contributed by atoms with van der Waals surface area (Å²) < 4.78 is 66.2. The highest BCUT2D eigenvalue weighted by Crippen LogP contribution is 2.28. The summed E-state index contributed by atoms with van der Waals surface area (Å²) in [5, 5.41) is -4.59. The van der Waals surface area contributed by atoms with E-state index in [-0.39, 0.29) is 5.56 Å². The van der Waals surface area contributed by atoms with Crippen LogP contribution in [0.25, 0.3) is 0 Å². The number of alkyl halides is 2. The maximum absolute atomic E-state index is 13.4. The van der Waals surface area contributed by atoms with Crippen molar-refractivity contribution >= 4 is 21.8 Å². The van der Waals surface area contributed by atoms with Gasteiger partial charge in [0.2, 0.25) is 0 Å². The summed E-state index contributed by atoms with van der Waals surface area (Å²) in [6, 6.07) is 6.05. The first kappa shape index (κ1) is 18.6. The van der Waals surface area contributed by atoms with E-state index in [9.17, 15) is 22.0 Å². The van der Waals surface area contributed by atoms with Crippen molar-refractivity contribution in [3.8, 4) is 0 Å². The fraction of sp³-hybridized carbons (Fsp3) is 0.500. The van der Waals surface area contributed by atoms with Crippen molar-refractivity contribution in [2.45, 2.75) is 18.3 Å². The van der Waals surface area contributed by atoms with Crippen LogP contribution in [0.4, 0.5) is 14.5 Å². The summed E-state index contributed by atoms with van der Waals surface area (Å²) in [5.41, 5.74) is 0.830. The molecule has 2 rings (SSSR count). The average molecular weight is 365 g/mol. The van der Waals surface area contributed by atoms with Gasteiger partial charge in [0.05, 0.1) is 18.8 Å². The van der Waals surface area contributed by atoms with Gasteiger partial charge >= 0.3 is 21.3 Å². The van der Waals surface area contributed by atoms with E-state index in [4.69, 9.17) is 9.29 Å². The van der Waals surface area contributed by atoms with E-state index in [1.54, 1.807) is 12.1 Å². The second-order valence-electron chi connectivity index (χ2n) is 5.23. The number of hydrogen-bond acceptors (Lipinski definition) is 6. The van der Waals surface area contributed by atoms with Crippen LogP contribution in [0.15, 0.2) is 24.3 Å². The van der Waals surface area contributed by atoms with Gasteiger partial charge < -0.3 is 14.4 Å². The van der Waals surface area contributed by atoms with Crippen LogP contribution in [0.5, 0.6) is 0 Å². The second kappa shape index (κ2) is 6.99. The molecule has 24 heavy (non-hydrogen) atoms. The third kappa shape index (κ3) is 4.00. The molecule has 1 aromatic carbocycles. The summed E-state index contributed by atoms with van der Waals surface area (Å²) in [4.78, 5) is 13.9. The van der Waals surface area contributed by atoms with Crippen LogP contribution in [0.1, 0.15) is 17.3 Å². The molecular formula is C14H17F2NO6S. The topological polar surface area (TPSA) is 93.1 Å². The maximum Gasteiger partial charge on any atom is 0.405 e. The lowest BCUT2D eigenvalue weighted by Crippen LogP contribution is -2.42. The molecule has 1 fully saturated rings. The van der Waals surface area contributed by atoms with Crippen LogP contribution in [-0.2, 0) is 19.6 Å². The summed E-state index contributed by atoms with van der Waals surface area (Å²) >= 11 is 0. The van der Waals surface area contributed by atoms with Gasteiger partial charge in [-0.2, -0.15) is 17.2 Å². The molecule has 0 radical (unpaired) electrons. The smallest absolute Gasteiger partial charge is 0.405 e. The van der Waals surface area contributed by atoms with E-state index in [0.29, 0.717) is 33.2 Å². The predicted molar refractivity (Wildman–Crippen MR) is 80.8 cm³/mol. The van der Waals surface area contributed by atoms with Crippen molar-refractivity contribution < 1.29 is 36.0 Å². The molecule has 10 heteroatoms. The summed E-state index contributed by atoms with van der Waals surface area (Å²) in [5.74, 6) is -1.11. The largest absolute Gasteiger partial charge is 0.451 e. The minimum atomic E-state index is -5.68. The molecule has 1 heterocycles. The number of rotatable bonds is 5. The Morgan fingerprint density at radius 1 is 1.29 bits per heavy atom. The number of carbonyl (C=O) groups is 1. The maximum atomic E-state index is 13.4. The number of halogens is 2. The fourth-order valence-electron chi connectivity index (χ4n) is 2.14. The van der Waals surface area contributed by atoms with Gasteiger partial charge in [0.25, 0.3) is 0 Å². The average Bonchev–Trinajstić information content (AvgIpc) is 2.54. The van der Waals surface area contributed by atoms with Gasteiger partial charge in [0, 0.05) is 18.8 Å². The Morgan fingerprint density at radius 3 is 2.33 bits per heavy atom. The molecule has 1 aromatic rings. The van der Waals surface area contributed by atoms with Gasteiger partial charge in [0.1, 0.15) is 0 Å². The van der Waals surface area contributed by atoms with Crippen molar-refractivity contribution in [1.29, 1.82) is 0 Å². The molecule has 1 aliphatic rings. The zero-order valence-electron chi connectivity index (χ0n) is 12.8. The predicted octanol–water partition coefficient (Wildman–Crippen LogP) is 1.55. The first-order valence-electron chi connectivity index (χ1n) is 7.11. The van der Waals surface area contributed by atoms with Crippen molar-refractivity contribution in [3.63, 3.8) is 0 Å². The third-order valence-electron chi connectivity index (χ3n) is 3.58. The van der Waals surface area contributed by atoms with E-state index in [0.717, 1.165) is 5.69 Å². The second-order valence-corrected chi connectivity index (χ2v) is 6.73. The quantitative estimate of drug-likeness (QED) is 0.625. The molecule has 1 saturated heterocycles. The number of benzene rings is 1. The molecule has 0 saturated carbocycles. The number of nitrogens with zero attached hydrogens (tertiary/aromatic N) is 1. The Morgan fingerprint density at radius 2 is 1.83 bits per heavy atom. The molecule has 0 aliphatic carbocycles. The molecule has 0 spiro atoms. The number of hydrogen-bond donors (Lipinski definition) is 1. The Balaban J connectivity index is 2.05. The van der Waals surface area contributed by atoms with Crippen LogP contribution in [0, 0.1) is 0 Å².